The molecular weight excluding hydrogens is 416 g/mol. The van der Waals surface area contributed by atoms with Gasteiger partial charge in [-0.3, -0.25) is 19.7 Å². The van der Waals surface area contributed by atoms with Crippen molar-refractivity contribution in [3.05, 3.63) is 57.1 Å². The Labute approximate surface area is 178 Å². The van der Waals surface area contributed by atoms with Crippen molar-refractivity contribution in [1.82, 2.24) is 0 Å². The van der Waals surface area contributed by atoms with Gasteiger partial charge in [0.25, 0.3) is 11.6 Å². The van der Waals surface area contributed by atoms with Crippen molar-refractivity contribution < 1.29 is 28.7 Å². The van der Waals surface area contributed by atoms with Gasteiger partial charge in [0.05, 0.1) is 29.9 Å². The number of aryl methyl sites for hydroxylation is 1. The number of hydrogen-bond donors (Lipinski definition) is 1. The predicted octanol–water partition coefficient (Wildman–Crippen LogP) is 3.77. The lowest BCUT2D eigenvalue weighted by atomic mass is 10.1. The molecule has 0 aliphatic heterocycles. The molecule has 0 saturated heterocycles. The first-order chi connectivity index (χ1) is 14.2. The number of esters is 1. The summed E-state index contributed by atoms with van der Waals surface area (Å²) in [6, 6.07) is 8.94. The second kappa shape index (κ2) is 10.4. The highest BCUT2D eigenvalue weighted by molar-refractivity contribution is 6.33. The van der Waals surface area contributed by atoms with Crippen molar-refractivity contribution in [2.75, 3.05) is 19.5 Å². The zero-order valence-electron chi connectivity index (χ0n) is 16.6. The van der Waals surface area contributed by atoms with Crippen molar-refractivity contribution in [3.8, 4) is 11.5 Å². The number of halogens is 1. The number of nitrogens with one attached hydrogen (secondary N) is 1. The summed E-state index contributed by atoms with van der Waals surface area (Å²) in [5, 5.41) is 13.4. The summed E-state index contributed by atoms with van der Waals surface area (Å²) in [5.74, 6) is -0.103. The normalized spacial score (nSPS) is 11.3. The number of nitro groups is 1. The van der Waals surface area contributed by atoms with Gasteiger partial charge < -0.3 is 19.5 Å². The Kier molecular flexibility index (Phi) is 7.99. The number of hydrogen-bond acceptors (Lipinski definition) is 7. The van der Waals surface area contributed by atoms with Crippen molar-refractivity contribution in [3.63, 3.8) is 0 Å². The van der Waals surface area contributed by atoms with Crippen molar-refractivity contribution >= 4 is 34.9 Å². The Hall–Kier alpha value is -3.33. The van der Waals surface area contributed by atoms with Crippen LogP contribution in [0.1, 0.15) is 18.9 Å². The van der Waals surface area contributed by atoms with Crippen LogP contribution in [0.5, 0.6) is 11.5 Å². The molecule has 0 spiro atoms. The third-order valence-electron chi connectivity index (χ3n) is 4.16. The number of benzene rings is 2. The molecule has 0 bridgehead atoms. The SMILES string of the molecule is COc1ccc(CCC(=O)OC(C)C(=O)Nc2cc([N+](=O)[O-])ccc2Cl)cc1OC. The van der Waals surface area contributed by atoms with Gasteiger partial charge in [-0.25, -0.2) is 0 Å². The smallest absolute Gasteiger partial charge is 0.306 e. The molecule has 160 valence electrons. The molecule has 30 heavy (non-hydrogen) atoms. The molecule has 0 heterocycles. The van der Waals surface area contributed by atoms with Crippen molar-refractivity contribution in [1.29, 1.82) is 0 Å². The Morgan fingerprint density at radius 2 is 1.83 bits per heavy atom. The fourth-order valence-corrected chi connectivity index (χ4v) is 2.71. The van der Waals surface area contributed by atoms with Gasteiger partial charge in [-0.15, -0.1) is 0 Å². The number of nitrogens with zero attached hydrogens (tertiary/aromatic N) is 1. The average molecular weight is 437 g/mol. The minimum Gasteiger partial charge on any atom is -0.493 e. The van der Waals surface area contributed by atoms with E-state index in [9.17, 15) is 19.7 Å². The van der Waals surface area contributed by atoms with E-state index in [1.54, 1.807) is 18.2 Å². The Balaban J connectivity index is 1.92. The third-order valence-corrected chi connectivity index (χ3v) is 4.49. The van der Waals surface area contributed by atoms with Crippen molar-refractivity contribution in [2.45, 2.75) is 25.9 Å². The van der Waals surface area contributed by atoms with Crippen LogP contribution in [-0.2, 0) is 20.7 Å². The summed E-state index contributed by atoms with van der Waals surface area (Å²) in [6.45, 7) is 1.40. The van der Waals surface area contributed by atoms with E-state index in [-0.39, 0.29) is 22.8 Å². The number of amides is 1. The van der Waals surface area contributed by atoms with E-state index >= 15 is 0 Å². The maximum Gasteiger partial charge on any atom is 0.306 e. The van der Waals surface area contributed by atoms with Crippen LogP contribution < -0.4 is 14.8 Å². The van der Waals surface area contributed by atoms with Crippen LogP contribution in [0.3, 0.4) is 0 Å². The van der Waals surface area contributed by atoms with E-state index in [1.807, 2.05) is 0 Å². The van der Waals surface area contributed by atoms with E-state index in [0.29, 0.717) is 17.9 Å². The van der Waals surface area contributed by atoms with Gasteiger partial charge in [0.2, 0.25) is 0 Å². The summed E-state index contributed by atoms with van der Waals surface area (Å²) < 4.78 is 15.5. The first kappa shape index (κ1) is 23.0. The zero-order valence-corrected chi connectivity index (χ0v) is 17.4. The minimum atomic E-state index is -1.11. The highest BCUT2D eigenvalue weighted by Gasteiger charge is 2.20. The van der Waals surface area contributed by atoms with Gasteiger partial charge in [0.15, 0.2) is 17.6 Å². The largest absolute Gasteiger partial charge is 0.493 e. The highest BCUT2D eigenvalue weighted by Crippen LogP contribution is 2.28. The van der Waals surface area contributed by atoms with Crippen LogP contribution in [0.15, 0.2) is 36.4 Å². The minimum absolute atomic E-state index is 0.0463. The fourth-order valence-electron chi connectivity index (χ4n) is 2.55. The van der Waals surface area contributed by atoms with Crippen molar-refractivity contribution in [2.24, 2.45) is 0 Å². The number of anilines is 1. The number of methoxy groups -OCH3 is 2. The number of ether oxygens (including phenoxy) is 3. The van der Waals surface area contributed by atoms with E-state index in [4.69, 9.17) is 25.8 Å². The topological polar surface area (TPSA) is 117 Å². The van der Waals surface area contributed by atoms with Gasteiger partial charge in [-0.2, -0.15) is 0 Å². The van der Waals surface area contributed by atoms with Gasteiger partial charge in [0, 0.05) is 18.6 Å². The predicted molar refractivity (Wildman–Crippen MR) is 110 cm³/mol. The molecule has 0 aliphatic carbocycles. The fraction of sp³-hybridized carbons (Fsp3) is 0.300. The molecule has 0 saturated carbocycles. The third kappa shape index (κ3) is 6.08. The highest BCUT2D eigenvalue weighted by atomic mass is 35.5. The quantitative estimate of drug-likeness (QED) is 0.361. The standard InChI is InChI=1S/C20H21ClN2O7/c1-12(20(25)22-16-11-14(23(26)27)6-7-15(16)21)30-19(24)9-5-13-4-8-17(28-2)18(10-13)29-3/h4,6-8,10-12H,5,9H2,1-3H3,(H,22,25). The molecule has 1 unspecified atom stereocenters. The lowest BCUT2D eigenvalue weighted by Gasteiger charge is -2.14. The van der Waals surface area contributed by atoms with Gasteiger partial charge >= 0.3 is 5.97 Å². The van der Waals surface area contributed by atoms with Crippen LogP contribution in [0.25, 0.3) is 0 Å². The van der Waals surface area contributed by atoms with E-state index in [2.05, 4.69) is 5.32 Å². The molecule has 2 aromatic carbocycles. The van der Waals surface area contributed by atoms with Crippen LogP contribution in [0.4, 0.5) is 11.4 Å². The molecule has 2 rings (SSSR count). The summed E-state index contributed by atoms with van der Waals surface area (Å²) in [7, 11) is 3.05. The summed E-state index contributed by atoms with van der Waals surface area (Å²) >= 11 is 5.96. The van der Waals surface area contributed by atoms with E-state index in [0.717, 1.165) is 11.6 Å². The Bertz CT molecular complexity index is 949. The molecule has 1 N–H and O–H groups in total. The number of rotatable bonds is 9. The van der Waals surface area contributed by atoms with E-state index in [1.165, 1.54) is 33.3 Å². The number of carbonyl (C=O) groups is 2. The van der Waals surface area contributed by atoms with Gasteiger partial charge in [-0.1, -0.05) is 17.7 Å². The molecule has 0 aromatic heterocycles. The zero-order chi connectivity index (χ0) is 22.3. The summed E-state index contributed by atoms with van der Waals surface area (Å²) in [6.07, 6.45) is -0.687. The summed E-state index contributed by atoms with van der Waals surface area (Å²) in [4.78, 5) is 34.6. The lowest BCUT2D eigenvalue weighted by molar-refractivity contribution is -0.384. The maximum absolute atomic E-state index is 12.3. The van der Waals surface area contributed by atoms with Gasteiger partial charge in [0.1, 0.15) is 0 Å². The first-order valence-corrected chi connectivity index (χ1v) is 9.28. The van der Waals surface area contributed by atoms with Crippen LogP contribution in [0.2, 0.25) is 5.02 Å². The molecule has 1 amide bonds. The molecule has 1 atom stereocenters. The molecule has 0 radical (unpaired) electrons. The van der Waals surface area contributed by atoms with Crippen LogP contribution in [0, 0.1) is 10.1 Å². The molecule has 10 heteroatoms. The number of nitro benzene ring substituents is 1. The van der Waals surface area contributed by atoms with Crippen LogP contribution >= 0.6 is 11.6 Å². The second-order valence-corrected chi connectivity index (χ2v) is 6.64. The Morgan fingerprint density at radius 1 is 1.13 bits per heavy atom. The molecule has 0 fully saturated rings. The van der Waals surface area contributed by atoms with Crippen LogP contribution in [-0.4, -0.2) is 37.1 Å². The number of carbonyl (C=O) groups excluding carboxylic acids is 2. The Morgan fingerprint density at radius 3 is 2.47 bits per heavy atom. The number of non-ortho nitro benzene ring substituents is 1. The first-order valence-electron chi connectivity index (χ1n) is 8.90. The van der Waals surface area contributed by atoms with E-state index < -0.39 is 22.9 Å². The van der Waals surface area contributed by atoms with Gasteiger partial charge in [-0.05, 0) is 37.1 Å². The second-order valence-electron chi connectivity index (χ2n) is 6.23. The molecule has 9 nitrogen and oxygen atoms in total. The summed E-state index contributed by atoms with van der Waals surface area (Å²) in [5.41, 5.74) is 0.670. The molecule has 2 aromatic rings. The molecule has 0 aliphatic rings. The maximum atomic E-state index is 12.3. The molecular formula is C20H21ClN2O7. The average Bonchev–Trinajstić information content (AvgIpc) is 2.73. The lowest BCUT2D eigenvalue weighted by Crippen LogP contribution is -2.30. The monoisotopic (exact) mass is 436 g/mol.